The predicted molar refractivity (Wildman–Crippen MR) is 90.2 cm³/mol. The Morgan fingerprint density at radius 1 is 1.42 bits per heavy atom. The number of carbonyl (C=O) groups is 1. The van der Waals surface area contributed by atoms with E-state index in [0.717, 1.165) is 17.4 Å². The van der Waals surface area contributed by atoms with Crippen molar-refractivity contribution in [1.29, 1.82) is 0 Å². The minimum absolute atomic E-state index is 0.0764. The molecule has 3 rings (SSSR count). The molecule has 0 spiro atoms. The largest absolute Gasteiger partial charge is 0.494 e. The van der Waals surface area contributed by atoms with Crippen LogP contribution in [-0.2, 0) is 6.54 Å². The lowest BCUT2D eigenvalue weighted by atomic mass is 9.96. The van der Waals surface area contributed by atoms with Gasteiger partial charge in [0.2, 0.25) is 5.88 Å². The Kier molecular flexibility index (Phi) is 3.58. The van der Waals surface area contributed by atoms with Crippen molar-refractivity contribution in [3.05, 3.63) is 21.5 Å². The van der Waals surface area contributed by atoms with Crippen molar-refractivity contribution < 1.29 is 9.90 Å². The maximum atomic E-state index is 12.7. The molecule has 8 nitrogen and oxygen atoms in total. The highest BCUT2D eigenvalue weighted by atomic mass is 16.3. The van der Waals surface area contributed by atoms with Gasteiger partial charge in [-0.1, -0.05) is 20.8 Å². The fourth-order valence-corrected chi connectivity index (χ4v) is 2.71. The van der Waals surface area contributed by atoms with Crippen LogP contribution in [0.4, 0.5) is 5.82 Å². The molecule has 2 aromatic rings. The molecule has 0 aliphatic heterocycles. The standard InChI is InChI=1S/C16H23N5O3/c1-8-11(17)19-21-13(8)20(7-16(2,3)4)14(23)10(15(21)24)12(22)18-9-5-6-9/h9,23H,5-7H2,1-4H3,(H2,17,19)(H,18,22). The highest BCUT2D eigenvalue weighted by Crippen LogP contribution is 2.28. The second-order valence-corrected chi connectivity index (χ2v) is 7.64. The molecule has 1 aliphatic rings. The van der Waals surface area contributed by atoms with Gasteiger partial charge in [-0.2, -0.15) is 4.52 Å². The SMILES string of the molecule is Cc1c(N)nn2c(=O)c(C(=O)NC3CC3)c(O)n(CC(C)(C)C)c12. The molecule has 24 heavy (non-hydrogen) atoms. The topological polar surface area (TPSA) is 115 Å². The molecule has 2 heterocycles. The van der Waals surface area contributed by atoms with Gasteiger partial charge < -0.3 is 16.2 Å². The van der Waals surface area contributed by atoms with Crippen molar-refractivity contribution >= 4 is 17.4 Å². The Labute approximate surface area is 139 Å². The first kappa shape index (κ1) is 16.4. The number of anilines is 1. The average molecular weight is 333 g/mol. The van der Waals surface area contributed by atoms with Crippen molar-refractivity contribution in [2.24, 2.45) is 5.41 Å². The summed E-state index contributed by atoms with van der Waals surface area (Å²) in [6.07, 6.45) is 1.78. The van der Waals surface area contributed by atoms with E-state index in [1.54, 1.807) is 11.5 Å². The van der Waals surface area contributed by atoms with Crippen LogP contribution in [0.5, 0.6) is 5.88 Å². The van der Waals surface area contributed by atoms with E-state index in [9.17, 15) is 14.7 Å². The summed E-state index contributed by atoms with van der Waals surface area (Å²) in [6, 6.07) is 0.0764. The smallest absolute Gasteiger partial charge is 0.291 e. The van der Waals surface area contributed by atoms with Gasteiger partial charge in [-0.25, -0.2) is 0 Å². The van der Waals surface area contributed by atoms with Gasteiger partial charge in [-0.05, 0) is 25.2 Å². The molecule has 1 fully saturated rings. The highest BCUT2D eigenvalue weighted by molar-refractivity contribution is 5.96. The summed E-state index contributed by atoms with van der Waals surface area (Å²) >= 11 is 0. The lowest BCUT2D eigenvalue weighted by Gasteiger charge is -2.23. The van der Waals surface area contributed by atoms with E-state index in [1.807, 2.05) is 20.8 Å². The molecule has 0 bridgehead atoms. The first-order valence-corrected chi connectivity index (χ1v) is 8.01. The Balaban J connectivity index is 2.28. The maximum absolute atomic E-state index is 12.7. The van der Waals surface area contributed by atoms with Gasteiger partial charge in [0.15, 0.2) is 11.4 Å². The average Bonchev–Trinajstić information content (AvgIpc) is 3.20. The van der Waals surface area contributed by atoms with Gasteiger partial charge in [0.1, 0.15) is 5.65 Å². The Bertz CT molecular complexity index is 884. The third-order valence-corrected chi connectivity index (χ3v) is 4.04. The van der Waals surface area contributed by atoms with Crippen molar-refractivity contribution in [3.63, 3.8) is 0 Å². The molecule has 0 aromatic carbocycles. The predicted octanol–water partition coefficient (Wildman–Crippen LogP) is 1.03. The lowest BCUT2D eigenvalue weighted by molar-refractivity contribution is 0.0944. The van der Waals surface area contributed by atoms with Crippen molar-refractivity contribution in [1.82, 2.24) is 19.5 Å². The minimum Gasteiger partial charge on any atom is -0.494 e. The molecular weight excluding hydrogens is 310 g/mol. The normalized spacial score (nSPS) is 15.0. The third kappa shape index (κ3) is 2.72. The number of nitrogens with two attached hydrogens (primary N) is 1. The number of nitrogens with zero attached hydrogens (tertiary/aromatic N) is 3. The summed E-state index contributed by atoms with van der Waals surface area (Å²) in [5.74, 6) is -0.714. The highest BCUT2D eigenvalue weighted by Gasteiger charge is 2.30. The number of hydrogen-bond acceptors (Lipinski definition) is 5. The number of nitrogen functional groups attached to an aromatic ring is 1. The second-order valence-electron chi connectivity index (χ2n) is 7.64. The van der Waals surface area contributed by atoms with E-state index in [-0.39, 0.29) is 28.7 Å². The molecule has 4 N–H and O–H groups in total. The molecule has 0 saturated heterocycles. The van der Waals surface area contributed by atoms with Crippen LogP contribution in [0.15, 0.2) is 4.79 Å². The number of fused-ring (bicyclic) bond motifs is 1. The third-order valence-electron chi connectivity index (χ3n) is 4.04. The van der Waals surface area contributed by atoms with Gasteiger partial charge in [0.05, 0.1) is 0 Å². The Hall–Kier alpha value is -2.51. The zero-order valence-corrected chi connectivity index (χ0v) is 14.4. The van der Waals surface area contributed by atoms with Crippen LogP contribution in [0.3, 0.4) is 0 Å². The second kappa shape index (κ2) is 5.25. The van der Waals surface area contributed by atoms with Crippen LogP contribution in [0.1, 0.15) is 49.5 Å². The monoisotopic (exact) mass is 333 g/mol. The number of aryl methyl sites for hydroxylation is 1. The molecule has 0 unspecified atom stereocenters. The summed E-state index contributed by atoms with van der Waals surface area (Å²) < 4.78 is 2.65. The van der Waals surface area contributed by atoms with Gasteiger partial charge in [-0.3, -0.25) is 14.2 Å². The van der Waals surface area contributed by atoms with Crippen LogP contribution in [0.25, 0.3) is 5.65 Å². The molecule has 1 amide bonds. The lowest BCUT2D eigenvalue weighted by Crippen LogP contribution is -2.35. The van der Waals surface area contributed by atoms with Crippen LogP contribution < -0.4 is 16.6 Å². The number of aromatic nitrogens is 3. The van der Waals surface area contributed by atoms with E-state index in [0.29, 0.717) is 17.8 Å². The first-order chi connectivity index (χ1) is 11.1. The van der Waals surface area contributed by atoms with Crippen LogP contribution in [0, 0.1) is 12.3 Å². The molecule has 0 atom stereocenters. The summed E-state index contributed by atoms with van der Waals surface area (Å²) in [6.45, 7) is 8.14. The first-order valence-electron chi connectivity index (χ1n) is 8.01. The summed E-state index contributed by atoms with van der Waals surface area (Å²) in [5.41, 5.74) is 5.72. The van der Waals surface area contributed by atoms with Crippen molar-refractivity contribution in [3.8, 4) is 5.88 Å². The zero-order valence-electron chi connectivity index (χ0n) is 14.4. The van der Waals surface area contributed by atoms with E-state index < -0.39 is 11.5 Å². The molecule has 1 saturated carbocycles. The maximum Gasteiger partial charge on any atom is 0.291 e. The Morgan fingerprint density at radius 2 is 2.04 bits per heavy atom. The number of nitrogens with one attached hydrogen (secondary N) is 1. The number of aromatic hydroxyl groups is 1. The van der Waals surface area contributed by atoms with Crippen LogP contribution in [0.2, 0.25) is 0 Å². The minimum atomic E-state index is -0.661. The molecule has 2 aromatic heterocycles. The Morgan fingerprint density at radius 3 is 2.58 bits per heavy atom. The van der Waals surface area contributed by atoms with Crippen molar-refractivity contribution in [2.45, 2.75) is 53.1 Å². The number of hydrogen-bond donors (Lipinski definition) is 3. The molecular formula is C16H23N5O3. The fourth-order valence-electron chi connectivity index (χ4n) is 2.71. The van der Waals surface area contributed by atoms with Crippen LogP contribution in [-0.4, -0.2) is 31.2 Å². The van der Waals surface area contributed by atoms with Gasteiger partial charge in [-0.15, -0.1) is 5.10 Å². The van der Waals surface area contributed by atoms with E-state index >= 15 is 0 Å². The van der Waals surface area contributed by atoms with Crippen LogP contribution >= 0.6 is 0 Å². The summed E-state index contributed by atoms with van der Waals surface area (Å²) in [7, 11) is 0. The summed E-state index contributed by atoms with van der Waals surface area (Å²) in [5, 5.41) is 17.5. The van der Waals surface area contributed by atoms with E-state index in [2.05, 4.69) is 10.4 Å². The van der Waals surface area contributed by atoms with Gasteiger partial charge in [0.25, 0.3) is 11.5 Å². The number of amides is 1. The molecule has 0 radical (unpaired) electrons. The van der Waals surface area contributed by atoms with Crippen molar-refractivity contribution in [2.75, 3.05) is 5.73 Å². The van der Waals surface area contributed by atoms with E-state index in [1.165, 1.54) is 0 Å². The molecule has 1 aliphatic carbocycles. The molecule has 8 heteroatoms. The number of carbonyl (C=O) groups excluding carboxylic acids is 1. The quantitative estimate of drug-likeness (QED) is 0.776. The number of rotatable bonds is 3. The summed E-state index contributed by atoms with van der Waals surface area (Å²) in [4.78, 5) is 25.1. The van der Waals surface area contributed by atoms with E-state index in [4.69, 9.17) is 5.73 Å². The van der Waals surface area contributed by atoms with Gasteiger partial charge >= 0.3 is 0 Å². The van der Waals surface area contributed by atoms with Gasteiger partial charge in [0, 0.05) is 18.2 Å². The zero-order chi connectivity index (χ0) is 17.8. The fraction of sp³-hybridized carbons (Fsp3) is 0.562. The molecule has 130 valence electrons.